The Balaban J connectivity index is 1.70. The third-order valence-corrected chi connectivity index (χ3v) is 4.64. The molecule has 0 unspecified atom stereocenters. The Morgan fingerprint density at radius 1 is 1.00 bits per heavy atom. The minimum atomic E-state index is -0.772. The van der Waals surface area contributed by atoms with Crippen LogP contribution < -0.4 is 0 Å². The van der Waals surface area contributed by atoms with E-state index in [0.29, 0.717) is 6.42 Å². The first-order chi connectivity index (χ1) is 10.2. The summed E-state index contributed by atoms with van der Waals surface area (Å²) in [6.07, 6.45) is 14.3. The summed E-state index contributed by atoms with van der Waals surface area (Å²) in [5, 5.41) is 0. The maximum Gasteiger partial charge on any atom is 0.159 e. The smallest absolute Gasteiger partial charge is 0.159 e. The molecule has 0 aromatic heterocycles. The van der Waals surface area contributed by atoms with Gasteiger partial charge in [0.1, 0.15) is 0 Å². The van der Waals surface area contributed by atoms with Crippen LogP contribution in [-0.2, 0) is 6.42 Å². The first-order valence-corrected chi connectivity index (χ1v) is 8.28. The maximum absolute atomic E-state index is 13.1. The number of hydrogen-bond donors (Lipinski definition) is 0. The van der Waals surface area contributed by atoms with Crippen molar-refractivity contribution < 1.29 is 8.78 Å². The summed E-state index contributed by atoms with van der Waals surface area (Å²) in [4.78, 5) is 0. The second-order valence-electron chi connectivity index (χ2n) is 6.34. The van der Waals surface area contributed by atoms with Gasteiger partial charge in [0.2, 0.25) is 0 Å². The third kappa shape index (κ3) is 5.26. The molecule has 1 aliphatic rings. The fourth-order valence-electron chi connectivity index (χ4n) is 3.34. The molecule has 0 bridgehead atoms. The van der Waals surface area contributed by atoms with Crippen molar-refractivity contribution in [2.75, 3.05) is 0 Å². The lowest BCUT2D eigenvalue weighted by molar-refractivity contribution is 0.263. The quantitative estimate of drug-likeness (QED) is 0.559. The van der Waals surface area contributed by atoms with E-state index in [4.69, 9.17) is 0 Å². The summed E-state index contributed by atoms with van der Waals surface area (Å²) >= 11 is 0. The molecule has 0 heterocycles. The van der Waals surface area contributed by atoms with Crippen LogP contribution in [0.2, 0.25) is 0 Å². The van der Waals surface area contributed by atoms with E-state index < -0.39 is 11.6 Å². The summed E-state index contributed by atoms with van der Waals surface area (Å²) in [6, 6.07) is 4.14. The number of hydrogen-bond acceptors (Lipinski definition) is 0. The van der Waals surface area contributed by atoms with Crippen molar-refractivity contribution in [3.8, 4) is 0 Å². The molecule has 1 aromatic rings. The second-order valence-corrected chi connectivity index (χ2v) is 6.34. The first-order valence-electron chi connectivity index (χ1n) is 8.28. The molecular formula is C19H26F2. The molecule has 0 aliphatic heterocycles. The molecule has 21 heavy (non-hydrogen) atoms. The van der Waals surface area contributed by atoms with Crippen LogP contribution in [0.1, 0.15) is 57.4 Å². The number of benzene rings is 1. The molecular weight excluding hydrogens is 266 g/mol. The van der Waals surface area contributed by atoms with Gasteiger partial charge in [0, 0.05) is 0 Å². The average molecular weight is 292 g/mol. The molecule has 0 atom stereocenters. The SMILES string of the molecule is CCCC1CCC(C/C=C\Cc2ccc(F)c(F)c2)CC1. The molecule has 0 spiro atoms. The minimum Gasteiger partial charge on any atom is -0.204 e. The minimum absolute atomic E-state index is 0.683. The van der Waals surface area contributed by atoms with Gasteiger partial charge in [0.15, 0.2) is 11.6 Å². The highest BCUT2D eigenvalue weighted by Gasteiger charge is 2.19. The lowest BCUT2D eigenvalue weighted by atomic mass is 9.79. The Kier molecular flexibility index (Phi) is 6.41. The zero-order valence-electron chi connectivity index (χ0n) is 13.0. The summed E-state index contributed by atoms with van der Waals surface area (Å²) < 4.78 is 25.9. The molecule has 1 aliphatic carbocycles. The van der Waals surface area contributed by atoms with E-state index in [-0.39, 0.29) is 0 Å². The van der Waals surface area contributed by atoms with Gasteiger partial charge >= 0.3 is 0 Å². The molecule has 1 aromatic carbocycles. The van der Waals surface area contributed by atoms with Crippen molar-refractivity contribution in [2.24, 2.45) is 11.8 Å². The van der Waals surface area contributed by atoms with Gasteiger partial charge in [-0.25, -0.2) is 8.78 Å². The van der Waals surface area contributed by atoms with Gasteiger partial charge in [-0.05, 0) is 55.2 Å². The van der Waals surface area contributed by atoms with Gasteiger partial charge < -0.3 is 0 Å². The largest absolute Gasteiger partial charge is 0.204 e. The zero-order chi connectivity index (χ0) is 15.1. The predicted octanol–water partition coefficient (Wildman–Crippen LogP) is 6.06. The van der Waals surface area contributed by atoms with Gasteiger partial charge in [0.25, 0.3) is 0 Å². The van der Waals surface area contributed by atoms with Crippen molar-refractivity contribution in [2.45, 2.75) is 58.3 Å². The van der Waals surface area contributed by atoms with Crippen molar-refractivity contribution in [1.82, 2.24) is 0 Å². The van der Waals surface area contributed by atoms with Gasteiger partial charge in [-0.3, -0.25) is 0 Å². The van der Waals surface area contributed by atoms with Crippen LogP contribution in [0.3, 0.4) is 0 Å². The Hall–Kier alpha value is -1.18. The van der Waals surface area contributed by atoms with E-state index in [2.05, 4.69) is 19.1 Å². The van der Waals surface area contributed by atoms with E-state index in [1.165, 1.54) is 50.7 Å². The molecule has 1 saturated carbocycles. The van der Waals surface area contributed by atoms with Crippen LogP contribution in [0.15, 0.2) is 30.4 Å². The third-order valence-electron chi connectivity index (χ3n) is 4.64. The van der Waals surface area contributed by atoms with Crippen molar-refractivity contribution in [1.29, 1.82) is 0 Å². The Morgan fingerprint density at radius 3 is 2.38 bits per heavy atom. The van der Waals surface area contributed by atoms with Crippen LogP contribution in [0.5, 0.6) is 0 Å². The lowest BCUT2D eigenvalue weighted by Crippen LogP contribution is -2.13. The Labute approximate surface area is 127 Å². The highest BCUT2D eigenvalue weighted by atomic mass is 19.2. The lowest BCUT2D eigenvalue weighted by Gasteiger charge is -2.27. The first kappa shape index (κ1) is 16.2. The zero-order valence-corrected chi connectivity index (χ0v) is 13.0. The van der Waals surface area contributed by atoms with Crippen molar-refractivity contribution in [3.05, 3.63) is 47.5 Å². The van der Waals surface area contributed by atoms with E-state index in [1.54, 1.807) is 6.07 Å². The highest BCUT2D eigenvalue weighted by Crippen LogP contribution is 2.33. The summed E-state index contributed by atoms with van der Waals surface area (Å²) in [5.74, 6) is 0.249. The van der Waals surface area contributed by atoms with Crippen LogP contribution in [0, 0.1) is 23.5 Å². The number of allylic oxidation sites excluding steroid dienone is 2. The highest BCUT2D eigenvalue weighted by molar-refractivity contribution is 5.20. The molecule has 0 amide bonds. The van der Waals surface area contributed by atoms with Gasteiger partial charge in [0.05, 0.1) is 0 Å². The topological polar surface area (TPSA) is 0 Å². The molecule has 2 rings (SSSR count). The van der Waals surface area contributed by atoms with Crippen LogP contribution in [0.25, 0.3) is 0 Å². The van der Waals surface area contributed by atoms with Crippen molar-refractivity contribution in [3.63, 3.8) is 0 Å². The fourth-order valence-corrected chi connectivity index (χ4v) is 3.34. The number of rotatable bonds is 6. The monoisotopic (exact) mass is 292 g/mol. The van der Waals surface area contributed by atoms with Crippen LogP contribution in [0.4, 0.5) is 8.78 Å². The Morgan fingerprint density at radius 2 is 1.71 bits per heavy atom. The van der Waals surface area contributed by atoms with Crippen LogP contribution >= 0.6 is 0 Å². The molecule has 0 saturated heterocycles. The van der Waals surface area contributed by atoms with E-state index in [9.17, 15) is 8.78 Å². The molecule has 116 valence electrons. The van der Waals surface area contributed by atoms with Crippen LogP contribution in [-0.4, -0.2) is 0 Å². The maximum atomic E-state index is 13.1. The molecule has 2 heteroatoms. The predicted molar refractivity (Wildman–Crippen MR) is 84.2 cm³/mol. The summed E-state index contributed by atoms with van der Waals surface area (Å²) in [7, 11) is 0. The molecule has 0 N–H and O–H groups in total. The summed E-state index contributed by atoms with van der Waals surface area (Å²) in [6.45, 7) is 2.27. The fraction of sp³-hybridized carbons (Fsp3) is 0.579. The van der Waals surface area contributed by atoms with Gasteiger partial charge in [-0.1, -0.05) is 50.8 Å². The van der Waals surface area contributed by atoms with Gasteiger partial charge in [-0.15, -0.1) is 0 Å². The Bertz CT molecular complexity index is 457. The van der Waals surface area contributed by atoms with E-state index in [0.717, 1.165) is 23.8 Å². The number of halogens is 2. The summed E-state index contributed by atoms with van der Waals surface area (Å²) in [5.41, 5.74) is 0.830. The molecule has 1 fully saturated rings. The standard InChI is InChI=1S/C19H26F2/c1-2-5-15-8-10-16(11-9-15)6-3-4-7-17-12-13-18(20)19(21)14-17/h3-4,12-16H,2,5-11H2,1H3/b4-3-. The van der Waals surface area contributed by atoms with Crippen molar-refractivity contribution >= 4 is 0 Å². The molecule has 0 nitrogen and oxygen atoms in total. The van der Waals surface area contributed by atoms with E-state index in [1.807, 2.05) is 0 Å². The molecule has 0 radical (unpaired) electrons. The normalized spacial score (nSPS) is 22.8. The second kappa shape index (κ2) is 8.31. The average Bonchev–Trinajstić information content (AvgIpc) is 2.49. The van der Waals surface area contributed by atoms with E-state index >= 15 is 0 Å². The van der Waals surface area contributed by atoms with Gasteiger partial charge in [-0.2, -0.15) is 0 Å².